The topological polar surface area (TPSA) is 17.1 Å². The number of fused-ring (bicyclic) bond motifs is 2. The fraction of sp³-hybridized carbons (Fsp3) is 0.562. The maximum absolute atomic E-state index is 13.5. The van der Waals surface area contributed by atoms with E-state index in [1.165, 1.54) is 31.4 Å². The van der Waals surface area contributed by atoms with Crippen molar-refractivity contribution in [2.75, 3.05) is 0 Å². The molecule has 0 N–H and O–H groups in total. The molecule has 3 heteroatoms. The van der Waals surface area contributed by atoms with Gasteiger partial charge in [-0.2, -0.15) is 0 Å². The molecule has 102 valence electrons. The highest BCUT2D eigenvalue weighted by molar-refractivity contribution is 5.81. The van der Waals surface area contributed by atoms with Crippen molar-refractivity contribution in [3.63, 3.8) is 0 Å². The van der Waals surface area contributed by atoms with E-state index in [0.717, 1.165) is 18.4 Å². The van der Waals surface area contributed by atoms with Gasteiger partial charge in [-0.25, -0.2) is 8.78 Å². The highest BCUT2D eigenvalue weighted by atomic mass is 19.2. The van der Waals surface area contributed by atoms with E-state index in [4.69, 9.17) is 0 Å². The van der Waals surface area contributed by atoms with Crippen molar-refractivity contribution in [3.8, 4) is 0 Å². The third-order valence-electron chi connectivity index (χ3n) is 4.79. The summed E-state index contributed by atoms with van der Waals surface area (Å²) < 4.78 is 26.6. The number of carbonyl (C=O) groups is 1. The number of rotatable bonds is 4. The van der Waals surface area contributed by atoms with Crippen molar-refractivity contribution in [2.24, 2.45) is 17.8 Å². The molecule has 1 nitrogen and oxygen atoms in total. The zero-order valence-electron chi connectivity index (χ0n) is 10.9. The van der Waals surface area contributed by atoms with Gasteiger partial charge >= 0.3 is 0 Å². The molecule has 0 saturated heterocycles. The maximum atomic E-state index is 13.5. The van der Waals surface area contributed by atoms with Crippen LogP contribution < -0.4 is 0 Å². The number of halogens is 2. The Morgan fingerprint density at radius 3 is 2.74 bits per heavy atom. The summed E-state index contributed by atoms with van der Waals surface area (Å²) in [6, 6.07) is 4.04. The lowest BCUT2D eigenvalue weighted by Crippen LogP contribution is -2.17. The smallest absolute Gasteiger partial charge is 0.162 e. The zero-order valence-corrected chi connectivity index (χ0v) is 10.9. The Labute approximate surface area is 112 Å². The Bertz CT molecular complexity index is 498. The molecule has 0 heterocycles. The van der Waals surface area contributed by atoms with Gasteiger partial charge in [-0.1, -0.05) is 18.6 Å². The average molecular weight is 264 g/mol. The zero-order chi connectivity index (χ0) is 13.4. The Balaban J connectivity index is 1.61. The van der Waals surface area contributed by atoms with Gasteiger partial charge < -0.3 is 0 Å². The molecule has 3 unspecified atom stereocenters. The van der Waals surface area contributed by atoms with Crippen LogP contribution in [-0.2, 0) is 11.2 Å². The molecule has 1 aromatic rings. The maximum Gasteiger partial charge on any atom is 0.162 e. The van der Waals surface area contributed by atoms with Crippen molar-refractivity contribution in [3.05, 3.63) is 35.4 Å². The van der Waals surface area contributed by atoms with Gasteiger partial charge in [0.05, 0.1) is 0 Å². The van der Waals surface area contributed by atoms with E-state index >= 15 is 0 Å². The fourth-order valence-corrected chi connectivity index (χ4v) is 3.89. The number of benzene rings is 1. The number of Topliss-reactive ketones (excluding diaryl/α,β-unsaturated/α-hetero) is 1. The first kappa shape index (κ1) is 12.8. The molecule has 2 saturated carbocycles. The van der Waals surface area contributed by atoms with Gasteiger partial charge in [-0.15, -0.1) is 0 Å². The Hall–Kier alpha value is -1.25. The first-order valence-electron chi connectivity index (χ1n) is 7.08. The minimum absolute atomic E-state index is 0.0253. The monoisotopic (exact) mass is 264 g/mol. The summed E-state index contributed by atoms with van der Waals surface area (Å²) in [6.07, 6.45) is 5.55. The van der Waals surface area contributed by atoms with Gasteiger partial charge in [-0.3, -0.25) is 4.79 Å². The molecule has 0 aromatic heterocycles. The molecule has 2 fully saturated rings. The van der Waals surface area contributed by atoms with Gasteiger partial charge in [-0.05, 0) is 48.6 Å². The van der Waals surface area contributed by atoms with Crippen molar-refractivity contribution >= 4 is 5.78 Å². The quantitative estimate of drug-likeness (QED) is 0.806. The largest absolute Gasteiger partial charge is 0.299 e. The molecule has 3 atom stereocenters. The summed E-state index contributed by atoms with van der Waals surface area (Å²) in [7, 11) is 0. The molecule has 1 aromatic carbocycles. The van der Waals surface area contributed by atoms with Crippen LogP contribution in [0.3, 0.4) is 0 Å². The van der Waals surface area contributed by atoms with Crippen LogP contribution in [-0.4, -0.2) is 5.78 Å². The summed E-state index contributed by atoms with van der Waals surface area (Å²) in [5, 5.41) is 0. The van der Waals surface area contributed by atoms with Gasteiger partial charge in [0.15, 0.2) is 11.6 Å². The van der Waals surface area contributed by atoms with E-state index in [9.17, 15) is 13.6 Å². The SMILES string of the molecule is O=C(Cc1cccc(F)c1F)CC1CC2CCC1C2. The third kappa shape index (κ3) is 2.56. The summed E-state index contributed by atoms with van der Waals surface area (Å²) in [5.74, 6) is 0.305. The minimum Gasteiger partial charge on any atom is -0.299 e. The van der Waals surface area contributed by atoms with E-state index in [-0.39, 0.29) is 17.8 Å². The number of hydrogen-bond donors (Lipinski definition) is 0. The van der Waals surface area contributed by atoms with Gasteiger partial charge in [0.2, 0.25) is 0 Å². The fourth-order valence-electron chi connectivity index (χ4n) is 3.89. The van der Waals surface area contributed by atoms with Crippen LogP contribution in [0, 0.1) is 29.4 Å². The average Bonchev–Trinajstić information content (AvgIpc) is 2.97. The Morgan fingerprint density at radius 1 is 1.21 bits per heavy atom. The summed E-state index contributed by atoms with van der Waals surface area (Å²) in [6.45, 7) is 0. The molecule has 0 radical (unpaired) electrons. The molecular weight excluding hydrogens is 246 g/mol. The standard InChI is InChI=1S/C16H18F2O/c17-15-3-1-2-12(16(15)18)8-14(19)9-13-7-10-4-5-11(13)6-10/h1-3,10-11,13H,4-9H2. The number of hydrogen-bond acceptors (Lipinski definition) is 1. The number of carbonyl (C=O) groups excluding carboxylic acids is 1. The molecule has 0 spiro atoms. The van der Waals surface area contributed by atoms with E-state index < -0.39 is 11.6 Å². The van der Waals surface area contributed by atoms with Crippen LogP contribution >= 0.6 is 0 Å². The molecule has 3 rings (SSSR count). The Morgan fingerprint density at radius 2 is 2.05 bits per heavy atom. The molecule has 19 heavy (non-hydrogen) atoms. The van der Waals surface area contributed by atoms with Gasteiger partial charge in [0, 0.05) is 12.8 Å². The van der Waals surface area contributed by atoms with E-state index in [0.29, 0.717) is 18.3 Å². The van der Waals surface area contributed by atoms with Gasteiger partial charge in [0.25, 0.3) is 0 Å². The van der Waals surface area contributed by atoms with Crippen molar-refractivity contribution in [2.45, 2.75) is 38.5 Å². The highest BCUT2D eigenvalue weighted by Crippen LogP contribution is 2.49. The molecule has 2 aliphatic carbocycles. The second-order valence-electron chi connectivity index (χ2n) is 6.07. The molecular formula is C16H18F2O. The van der Waals surface area contributed by atoms with Crippen LogP contribution in [0.1, 0.15) is 37.7 Å². The minimum atomic E-state index is -0.871. The van der Waals surface area contributed by atoms with Crippen LogP contribution in [0.2, 0.25) is 0 Å². The van der Waals surface area contributed by atoms with Crippen molar-refractivity contribution < 1.29 is 13.6 Å². The van der Waals surface area contributed by atoms with Crippen molar-refractivity contribution in [1.82, 2.24) is 0 Å². The summed E-state index contributed by atoms with van der Waals surface area (Å²) in [5.41, 5.74) is 0.188. The molecule has 0 aliphatic heterocycles. The van der Waals surface area contributed by atoms with Crippen LogP contribution in [0.5, 0.6) is 0 Å². The van der Waals surface area contributed by atoms with E-state index in [2.05, 4.69) is 0 Å². The predicted molar refractivity (Wildman–Crippen MR) is 68.6 cm³/mol. The lowest BCUT2D eigenvalue weighted by Gasteiger charge is -2.20. The third-order valence-corrected chi connectivity index (χ3v) is 4.79. The molecule has 0 amide bonds. The lowest BCUT2D eigenvalue weighted by atomic mass is 9.84. The first-order chi connectivity index (χ1) is 9.13. The predicted octanol–water partition coefficient (Wildman–Crippen LogP) is 3.90. The lowest BCUT2D eigenvalue weighted by molar-refractivity contribution is -0.119. The van der Waals surface area contributed by atoms with E-state index in [1.807, 2.05) is 0 Å². The van der Waals surface area contributed by atoms with Crippen molar-refractivity contribution in [1.29, 1.82) is 0 Å². The first-order valence-corrected chi connectivity index (χ1v) is 7.08. The molecule has 2 aliphatic rings. The molecule has 2 bridgehead atoms. The summed E-state index contributed by atoms with van der Waals surface area (Å²) >= 11 is 0. The highest BCUT2D eigenvalue weighted by Gasteiger charge is 2.39. The summed E-state index contributed by atoms with van der Waals surface area (Å²) in [4.78, 5) is 12.0. The van der Waals surface area contributed by atoms with Gasteiger partial charge in [0.1, 0.15) is 5.78 Å². The Kier molecular flexibility index (Phi) is 3.38. The van der Waals surface area contributed by atoms with Crippen LogP contribution in [0.25, 0.3) is 0 Å². The normalized spacial score (nSPS) is 28.8. The second-order valence-corrected chi connectivity index (χ2v) is 6.07. The van der Waals surface area contributed by atoms with Crippen LogP contribution in [0.4, 0.5) is 8.78 Å². The van der Waals surface area contributed by atoms with E-state index in [1.54, 1.807) is 0 Å². The van der Waals surface area contributed by atoms with Crippen LogP contribution in [0.15, 0.2) is 18.2 Å². The number of ketones is 1. The second kappa shape index (κ2) is 5.03.